The highest BCUT2D eigenvalue weighted by Crippen LogP contribution is 2.48. The maximum atomic E-state index is 11.7. The summed E-state index contributed by atoms with van der Waals surface area (Å²) in [6.07, 6.45) is 10.7. The number of allylic oxidation sites excluding steroid dienone is 10. The van der Waals surface area contributed by atoms with Gasteiger partial charge in [0.05, 0.1) is 63.7 Å². The minimum atomic E-state index is -1.11. The number of hydrogen-bond acceptors (Lipinski definition) is 8. The van der Waals surface area contributed by atoms with Gasteiger partial charge in [-0.05, 0) is 93.9 Å². The molecule has 4 N–H and O–H groups in total. The van der Waals surface area contributed by atoms with Crippen LogP contribution in [0.4, 0.5) is 0 Å². The van der Waals surface area contributed by atoms with E-state index in [9.17, 15) is 15.3 Å². The Labute approximate surface area is 222 Å². The molecule has 0 aromatic heterocycles. The van der Waals surface area contributed by atoms with E-state index in [0.29, 0.717) is 22.8 Å². The zero-order valence-electron chi connectivity index (χ0n) is 22.1. The Morgan fingerprint density at radius 2 is 1.50 bits per heavy atom. The number of hydrogen-bond donors (Lipinski definition) is 4. The van der Waals surface area contributed by atoms with Crippen LogP contribution >= 0.6 is 0 Å². The minimum absolute atomic E-state index is 0.0414. The standard InChI is InChI=1S/C30H32N4O4/c1-14-8-20-11-27-30(5,29-26(36)13-25(35)17(4)38-29)28(37)24(34-27)10-19-7-16(3)23(32-19)12-22-15(2)6-18(31-22)9-21(14)33-20/h6-12,17,25-26,29,34-37H,13H2,1-5H3/t17-,25-,26-,29-,30-/m1/s1. The zero-order valence-corrected chi connectivity index (χ0v) is 22.1. The second-order valence-electron chi connectivity index (χ2n) is 11.0. The highest BCUT2D eigenvalue weighted by Gasteiger charge is 2.54. The van der Waals surface area contributed by atoms with E-state index >= 15 is 0 Å². The third-order valence-corrected chi connectivity index (χ3v) is 8.08. The zero-order chi connectivity index (χ0) is 26.9. The van der Waals surface area contributed by atoms with Crippen molar-refractivity contribution in [1.29, 1.82) is 0 Å². The Morgan fingerprint density at radius 1 is 0.842 bits per heavy atom. The molecule has 6 heterocycles. The number of aliphatic hydroxyl groups excluding tert-OH is 3. The van der Waals surface area contributed by atoms with Crippen LogP contribution in [0, 0.1) is 5.41 Å². The third-order valence-electron chi connectivity index (χ3n) is 8.08. The van der Waals surface area contributed by atoms with Gasteiger partial charge < -0.3 is 25.4 Å². The Morgan fingerprint density at radius 3 is 2.21 bits per heavy atom. The molecule has 8 heteroatoms. The third kappa shape index (κ3) is 3.91. The number of aliphatic imine (C=N–C) groups is 3. The molecular formula is C30H32N4O4. The molecule has 0 spiro atoms. The summed E-state index contributed by atoms with van der Waals surface area (Å²) in [7, 11) is 0. The van der Waals surface area contributed by atoms with Gasteiger partial charge in [0.1, 0.15) is 11.9 Å². The Kier molecular flexibility index (Phi) is 5.68. The van der Waals surface area contributed by atoms with Crippen molar-refractivity contribution in [2.24, 2.45) is 20.4 Å². The molecule has 5 atom stereocenters. The van der Waals surface area contributed by atoms with Crippen LogP contribution in [0.2, 0.25) is 0 Å². The number of nitrogens with one attached hydrogen (secondary N) is 1. The van der Waals surface area contributed by atoms with Crippen LogP contribution in [0.5, 0.6) is 0 Å². The summed E-state index contributed by atoms with van der Waals surface area (Å²) in [5, 5.41) is 36.3. The highest BCUT2D eigenvalue weighted by molar-refractivity contribution is 6.14. The molecule has 8 nitrogen and oxygen atoms in total. The smallest absolute Gasteiger partial charge is 0.130 e. The van der Waals surface area contributed by atoms with E-state index in [4.69, 9.17) is 19.7 Å². The summed E-state index contributed by atoms with van der Waals surface area (Å²) in [5.74, 6) is 0.0414. The van der Waals surface area contributed by atoms with Crippen LogP contribution in [-0.4, -0.2) is 56.9 Å². The van der Waals surface area contributed by atoms with Crippen LogP contribution in [0.3, 0.4) is 0 Å². The molecule has 6 aliphatic rings. The molecule has 0 radical (unpaired) electrons. The summed E-state index contributed by atoms with van der Waals surface area (Å²) >= 11 is 0. The normalized spacial score (nSPS) is 34.3. The van der Waals surface area contributed by atoms with E-state index in [2.05, 4.69) is 5.32 Å². The van der Waals surface area contributed by atoms with E-state index in [1.165, 1.54) is 0 Å². The van der Waals surface area contributed by atoms with Crippen LogP contribution in [0.1, 0.15) is 41.0 Å². The van der Waals surface area contributed by atoms with Gasteiger partial charge in [0.15, 0.2) is 0 Å². The topological polar surface area (TPSA) is 119 Å². The van der Waals surface area contributed by atoms with Crippen molar-refractivity contribution in [2.75, 3.05) is 0 Å². The van der Waals surface area contributed by atoms with Gasteiger partial charge in [-0.15, -0.1) is 0 Å². The maximum Gasteiger partial charge on any atom is 0.130 e. The molecule has 1 fully saturated rings. The van der Waals surface area contributed by atoms with E-state index in [0.717, 1.165) is 39.5 Å². The average molecular weight is 513 g/mol. The molecular weight excluding hydrogens is 480 g/mol. The van der Waals surface area contributed by atoms with Crippen LogP contribution in [0.25, 0.3) is 0 Å². The van der Waals surface area contributed by atoms with Crippen molar-refractivity contribution < 1.29 is 20.1 Å². The predicted molar refractivity (Wildman–Crippen MR) is 148 cm³/mol. The van der Waals surface area contributed by atoms with Crippen molar-refractivity contribution in [3.63, 3.8) is 0 Å². The van der Waals surface area contributed by atoms with Crippen molar-refractivity contribution in [3.8, 4) is 0 Å². The second-order valence-corrected chi connectivity index (χ2v) is 11.0. The molecule has 6 rings (SSSR count). The molecule has 0 aromatic rings. The Hall–Kier alpha value is -3.59. The van der Waals surface area contributed by atoms with E-state index in [1.54, 1.807) is 13.0 Å². The van der Waals surface area contributed by atoms with Crippen LogP contribution < -0.4 is 5.32 Å². The van der Waals surface area contributed by atoms with Crippen LogP contribution in [0.15, 0.2) is 108 Å². The fourth-order valence-electron chi connectivity index (χ4n) is 5.71. The first kappa shape index (κ1) is 24.7. The first-order valence-corrected chi connectivity index (χ1v) is 12.9. The maximum absolute atomic E-state index is 11.7. The number of rotatable bonds is 1. The molecule has 0 unspecified atom stereocenters. The van der Waals surface area contributed by atoms with Crippen LogP contribution in [-0.2, 0) is 4.74 Å². The SMILES string of the molecule is CC1=CC2=NC1=CC1=NC(=CC3=C(O)[C@](C)([C@@H]4O[C@H](C)[C@H](O)C[C@H]4O)C(=CC4=NC(=C2)C(C)=C4)N3)C=C1C. The predicted octanol–water partition coefficient (Wildman–Crippen LogP) is 4.02. The van der Waals surface area contributed by atoms with Crippen molar-refractivity contribution in [3.05, 3.63) is 93.5 Å². The lowest BCUT2D eigenvalue weighted by Gasteiger charge is -2.44. The lowest BCUT2D eigenvalue weighted by molar-refractivity contribution is -0.189. The molecule has 196 valence electrons. The molecule has 0 aliphatic carbocycles. The molecule has 6 aliphatic heterocycles. The number of nitrogens with zero attached hydrogens (tertiary/aromatic N) is 3. The van der Waals surface area contributed by atoms with Gasteiger partial charge in [0.2, 0.25) is 0 Å². The fourth-order valence-corrected chi connectivity index (χ4v) is 5.71. The number of ether oxygens (including phenoxy) is 1. The lowest BCUT2D eigenvalue weighted by atomic mass is 9.75. The number of fused-ring (bicyclic) bond motifs is 5. The van der Waals surface area contributed by atoms with Gasteiger partial charge in [0, 0.05) is 12.1 Å². The van der Waals surface area contributed by atoms with E-state index in [-0.39, 0.29) is 12.2 Å². The summed E-state index contributed by atoms with van der Waals surface area (Å²) in [6, 6.07) is 0. The summed E-state index contributed by atoms with van der Waals surface area (Å²) in [5.41, 5.74) is 7.77. The first-order valence-electron chi connectivity index (χ1n) is 12.9. The van der Waals surface area contributed by atoms with E-state index < -0.39 is 29.8 Å². The molecule has 0 saturated carbocycles. The second kappa shape index (κ2) is 8.73. The van der Waals surface area contributed by atoms with Gasteiger partial charge in [-0.3, -0.25) is 0 Å². The summed E-state index contributed by atoms with van der Waals surface area (Å²) < 4.78 is 6.13. The molecule has 8 bridgehead atoms. The van der Waals surface area contributed by atoms with Gasteiger partial charge in [-0.1, -0.05) is 0 Å². The number of aliphatic hydroxyl groups is 3. The fraction of sp³-hybridized carbons (Fsp3) is 0.367. The van der Waals surface area contributed by atoms with Gasteiger partial charge in [-0.25, -0.2) is 15.0 Å². The minimum Gasteiger partial charge on any atom is -0.509 e. The monoisotopic (exact) mass is 512 g/mol. The molecule has 38 heavy (non-hydrogen) atoms. The van der Waals surface area contributed by atoms with Gasteiger partial charge >= 0.3 is 0 Å². The average Bonchev–Trinajstić information content (AvgIpc) is 3.55. The van der Waals surface area contributed by atoms with Gasteiger partial charge in [0.25, 0.3) is 0 Å². The summed E-state index contributed by atoms with van der Waals surface area (Å²) in [4.78, 5) is 14.4. The quantitative estimate of drug-likeness (QED) is 0.423. The van der Waals surface area contributed by atoms with Crippen molar-refractivity contribution >= 4 is 17.1 Å². The lowest BCUT2D eigenvalue weighted by Crippen LogP contribution is -2.54. The largest absolute Gasteiger partial charge is 0.509 e. The Balaban J connectivity index is 1.54. The molecule has 0 aromatic carbocycles. The van der Waals surface area contributed by atoms with E-state index in [1.807, 2.05) is 64.2 Å². The summed E-state index contributed by atoms with van der Waals surface area (Å²) in [6.45, 7) is 9.66. The Bertz CT molecular complexity index is 1490. The highest BCUT2D eigenvalue weighted by atomic mass is 16.5. The van der Waals surface area contributed by atoms with Gasteiger partial charge in [-0.2, -0.15) is 0 Å². The first-order chi connectivity index (χ1) is 18.0. The molecule has 0 amide bonds. The van der Waals surface area contributed by atoms with Crippen molar-refractivity contribution in [1.82, 2.24) is 5.32 Å². The van der Waals surface area contributed by atoms with Crippen molar-refractivity contribution in [2.45, 2.75) is 65.5 Å². The molecule has 1 saturated heterocycles.